The van der Waals surface area contributed by atoms with Crippen molar-refractivity contribution in [1.82, 2.24) is 24.6 Å². The SMILES string of the molecule is C[C@H]1Cn2c(nnc2-c2cccc(CF)n2)C(=O)N1Cc1cccc(C(F)(F)F)c1Cl. The fourth-order valence-corrected chi connectivity index (χ4v) is 3.82. The molecule has 0 saturated heterocycles. The zero-order valence-electron chi connectivity index (χ0n) is 16.2. The minimum absolute atomic E-state index is 0.0312. The van der Waals surface area contributed by atoms with E-state index in [-0.39, 0.29) is 29.7 Å². The largest absolute Gasteiger partial charge is 0.417 e. The molecule has 0 N–H and O–H groups in total. The highest BCUT2D eigenvalue weighted by atomic mass is 35.5. The molecule has 1 aliphatic heterocycles. The maximum Gasteiger partial charge on any atom is 0.417 e. The summed E-state index contributed by atoms with van der Waals surface area (Å²) < 4.78 is 54.0. The summed E-state index contributed by atoms with van der Waals surface area (Å²) in [5, 5.41) is 7.55. The zero-order chi connectivity index (χ0) is 22.3. The summed E-state index contributed by atoms with van der Waals surface area (Å²) in [6.07, 6.45) is -4.60. The maximum absolute atomic E-state index is 13.2. The zero-order valence-corrected chi connectivity index (χ0v) is 17.0. The van der Waals surface area contributed by atoms with Crippen molar-refractivity contribution in [3.05, 3.63) is 64.1 Å². The van der Waals surface area contributed by atoms with Crippen LogP contribution in [0.1, 0.15) is 34.4 Å². The molecule has 1 aromatic carbocycles. The molecule has 0 radical (unpaired) electrons. The molecule has 3 aromatic rings. The van der Waals surface area contributed by atoms with Gasteiger partial charge in [-0.25, -0.2) is 9.37 Å². The maximum atomic E-state index is 13.2. The molecule has 162 valence electrons. The Morgan fingerprint density at radius 1 is 1.13 bits per heavy atom. The first-order valence-corrected chi connectivity index (χ1v) is 9.69. The van der Waals surface area contributed by atoms with E-state index in [2.05, 4.69) is 15.2 Å². The highest BCUT2D eigenvalue weighted by Gasteiger charge is 2.37. The van der Waals surface area contributed by atoms with Gasteiger partial charge in [-0.1, -0.05) is 29.8 Å². The number of amides is 1. The standard InChI is InChI=1S/C20H16ClF4N5O/c1-11-9-30-17(15-7-3-5-13(8-22)26-15)27-28-18(30)19(31)29(11)10-12-4-2-6-14(16(12)21)20(23,24)25/h2-7,11H,8-10H2,1H3/t11-/m0/s1. The first kappa shape index (κ1) is 21.2. The van der Waals surface area contributed by atoms with Crippen LogP contribution in [0.5, 0.6) is 0 Å². The van der Waals surface area contributed by atoms with Crippen molar-refractivity contribution in [2.45, 2.75) is 38.9 Å². The van der Waals surface area contributed by atoms with Crippen molar-refractivity contribution >= 4 is 17.5 Å². The van der Waals surface area contributed by atoms with Crippen LogP contribution in [0.25, 0.3) is 11.5 Å². The lowest BCUT2D eigenvalue weighted by Crippen LogP contribution is -2.46. The molecule has 3 heterocycles. The van der Waals surface area contributed by atoms with Crippen LogP contribution in [0.15, 0.2) is 36.4 Å². The number of hydrogen-bond acceptors (Lipinski definition) is 4. The second-order valence-corrected chi connectivity index (χ2v) is 7.54. The number of aromatic nitrogens is 4. The van der Waals surface area contributed by atoms with Crippen LogP contribution >= 0.6 is 11.6 Å². The lowest BCUT2D eigenvalue weighted by molar-refractivity contribution is -0.137. The van der Waals surface area contributed by atoms with E-state index in [1.165, 1.54) is 23.1 Å². The van der Waals surface area contributed by atoms with Crippen molar-refractivity contribution in [3.8, 4) is 11.5 Å². The second-order valence-electron chi connectivity index (χ2n) is 7.16. The van der Waals surface area contributed by atoms with Gasteiger partial charge in [0, 0.05) is 19.1 Å². The van der Waals surface area contributed by atoms with Gasteiger partial charge >= 0.3 is 6.18 Å². The van der Waals surface area contributed by atoms with E-state index in [1.54, 1.807) is 23.6 Å². The number of carbonyl (C=O) groups excluding carboxylic acids is 1. The summed E-state index contributed by atoms with van der Waals surface area (Å²) in [4.78, 5) is 18.6. The average molecular weight is 454 g/mol. The Morgan fingerprint density at radius 2 is 1.84 bits per heavy atom. The summed E-state index contributed by atoms with van der Waals surface area (Å²) in [7, 11) is 0. The van der Waals surface area contributed by atoms with Crippen LogP contribution in [0.4, 0.5) is 17.6 Å². The molecule has 0 fully saturated rings. The molecule has 11 heteroatoms. The highest BCUT2D eigenvalue weighted by molar-refractivity contribution is 6.32. The quantitative estimate of drug-likeness (QED) is 0.545. The molecule has 1 aliphatic rings. The van der Waals surface area contributed by atoms with Crippen LogP contribution in [-0.4, -0.2) is 36.6 Å². The number of nitrogens with zero attached hydrogens (tertiary/aromatic N) is 5. The molecule has 4 rings (SSSR count). The number of pyridine rings is 1. The van der Waals surface area contributed by atoms with Crippen molar-refractivity contribution < 1.29 is 22.4 Å². The molecule has 0 saturated carbocycles. The van der Waals surface area contributed by atoms with Gasteiger partial charge in [-0.05, 0) is 30.7 Å². The van der Waals surface area contributed by atoms with Gasteiger partial charge in [0.1, 0.15) is 12.4 Å². The molecule has 0 aliphatic carbocycles. The number of carbonyl (C=O) groups is 1. The van der Waals surface area contributed by atoms with Gasteiger partial charge in [0.15, 0.2) is 5.82 Å². The predicted octanol–water partition coefficient (Wildman–Crippen LogP) is 4.53. The van der Waals surface area contributed by atoms with E-state index < -0.39 is 29.3 Å². The first-order chi connectivity index (χ1) is 14.7. The second kappa shape index (κ2) is 7.92. The van der Waals surface area contributed by atoms with Gasteiger partial charge in [0.2, 0.25) is 5.82 Å². The van der Waals surface area contributed by atoms with Crippen molar-refractivity contribution in [1.29, 1.82) is 0 Å². The average Bonchev–Trinajstić information content (AvgIpc) is 3.15. The summed E-state index contributed by atoms with van der Waals surface area (Å²) in [6.45, 7) is 1.20. The van der Waals surface area contributed by atoms with Gasteiger partial charge in [-0.15, -0.1) is 10.2 Å². The van der Waals surface area contributed by atoms with E-state index >= 15 is 0 Å². The molecule has 0 unspecified atom stereocenters. The molecule has 31 heavy (non-hydrogen) atoms. The number of rotatable bonds is 4. The lowest BCUT2D eigenvalue weighted by Gasteiger charge is -2.34. The van der Waals surface area contributed by atoms with Gasteiger partial charge in [-0.2, -0.15) is 13.2 Å². The molecule has 2 aromatic heterocycles. The number of benzene rings is 1. The molecule has 0 bridgehead atoms. The monoisotopic (exact) mass is 453 g/mol. The molecule has 0 spiro atoms. The van der Waals surface area contributed by atoms with Gasteiger partial charge in [0.05, 0.1) is 16.3 Å². The molecular formula is C20H16ClF4N5O. The van der Waals surface area contributed by atoms with Crippen molar-refractivity contribution in [2.75, 3.05) is 0 Å². The normalized spacial score (nSPS) is 16.5. The van der Waals surface area contributed by atoms with Crippen molar-refractivity contribution in [3.63, 3.8) is 0 Å². The summed E-state index contributed by atoms with van der Waals surface area (Å²) >= 11 is 5.99. The summed E-state index contributed by atoms with van der Waals surface area (Å²) in [6, 6.07) is 8.03. The molecule has 1 amide bonds. The van der Waals surface area contributed by atoms with Crippen LogP contribution in [0.2, 0.25) is 5.02 Å². The first-order valence-electron chi connectivity index (χ1n) is 9.31. The number of alkyl halides is 4. The Hall–Kier alpha value is -3.01. The van der Waals surface area contributed by atoms with E-state index in [0.717, 1.165) is 6.07 Å². The molecular weight excluding hydrogens is 438 g/mol. The fourth-order valence-electron chi connectivity index (χ4n) is 3.53. The van der Waals surface area contributed by atoms with Crippen LogP contribution in [0, 0.1) is 0 Å². The Labute approximate surface area is 179 Å². The third-order valence-corrected chi connectivity index (χ3v) is 5.53. The Bertz CT molecular complexity index is 1150. The van der Waals surface area contributed by atoms with E-state index in [1.807, 2.05) is 0 Å². The smallest absolute Gasteiger partial charge is 0.327 e. The topological polar surface area (TPSA) is 63.9 Å². The van der Waals surface area contributed by atoms with Crippen molar-refractivity contribution in [2.24, 2.45) is 0 Å². The highest BCUT2D eigenvalue weighted by Crippen LogP contribution is 2.37. The Kier molecular flexibility index (Phi) is 5.42. The number of hydrogen-bond donors (Lipinski definition) is 0. The van der Waals surface area contributed by atoms with Gasteiger partial charge < -0.3 is 4.90 Å². The van der Waals surface area contributed by atoms with Crippen LogP contribution in [-0.2, 0) is 25.9 Å². The fraction of sp³-hybridized carbons (Fsp3) is 0.300. The predicted molar refractivity (Wildman–Crippen MR) is 104 cm³/mol. The third kappa shape index (κ3) is 3.87. The summed E-state index contributed by atoms with van der Waals surface area (Å²) in [5.74, 6) is -0.140. The minimum Gasteiger partial charge on any atom is -0.327 e. The summed E-state index contributed by atoms with van der Waals surface area (Å²) in [5.41, 5.74) is -0.163. The molecule has 6 nitrogen and oxygen atoms in total. The number of halogens is 5. The Balaban J connectivity index is 1.66. The lowest BCUT2D eigenvalue weighted by atomic mass is 10.1. The van der Waals surface area contributed by atoms with Crippen LogP contribution < -0.4 is 0 Å². The van der Waals surface area contributed by atoms with E-state index in [0.29, 0.717) is 18.1 Å². The van der Waals surface area contributed by atoms with E-state index in [4.69, 9.17) is 11.6 Å². The van der Waals surface area contributed by atoms with Crippen LogP contribution in [0.3, 0.4) is 0 Å². The third-order valence-electron chi connectivity index (χ3n) is 5.08. The van der Waals surface area contributed by atoms with E-state index in [9.17, 15) is 22.4 Å². The van der Waals surface area contributed by atoms with Gasteiger partial charge in [0.25, 0.3) is 5.91 Å². The van der Waals surface area contributed by atoms with Gasteiger partial charge in [-0.3, -0.25) is 9.36 Å². The molecule has 1 atom stereocenters. The Morgan fingerprint density at radius 3 is 2.55 bits per heavy atom. The minimum atomic E-state index is -4.60. The number of fused-ring (bicyclic) bond motifs is 1.